The van der Waals surface area contributed by atoms with Gasteiger partial charge in [-0.05, 0) is 31.9 Å². The van der Waals surface area contributed by atoms with Crippen LogP contribution in [0.5, 0.6) is 0 Å². The van der Waals surface area contributed by atoms with E-state index in [1.165, 1.54) is 13.2 Å². The first kappa shape index (κ1) is 16.9. The van der Waals surface area contributed by atoms with Crippen molar-refractivity contribution in [2.75, 3.05) is 0 Å². The highest BCUT2D eigenvalue weighted by Crippen LogP contribution is 2.47. The molecule has 1 unspecified atom stereocenters. The molecule has 1 fully saturated rings. The lowest BCUT2D eigenvalue weighted by molar-refractivity contribution is -0.141. The first-order valence-electron chi connectivity index (χ1n) is 7.44. The Balaban J connectivity index is 1.83. The summed E-state index contributed by atoms with van der Waals surface area (Å²) >= 11 is 5.91. The quantitative estimate of drug-likeness (QED) is 0.878. The summed E-state index contributed by atoms with van der Waals surface area (Å²) in [4.78, 5) is 12.3. The molecule has 130 valence electrons. The van der Waals surface area contributed by atoms with Crippen LogP contribution in [0.1, 0.15) is 48.9 Å². The molecule has 1 atom stereocenters. The number of hydrogen-bond donors (Lipinski definition) is 1. The predicted molar refractivity (Wildman–Crippen MR) is 79.5 cm³/mol. The van der Waals surface area contributed by atoms with Crippen molar-refractivity contribution in [2.24, 2.45) is 0 Å². The van der Waals surface area contributed by atoms with Crippen molar-refractivity contribution >= 4 is 17.5 Å². The van der Waals surface area contributed by atoms with E-state index < -0.39 is 28.8 Å². The SMILES string of the molecule is CC(C(=O)NCc1ccco1)n1nc(C(F)(F)F)c(Cl)c1C1CC1. The molecular weight excluding hydrogens is 347 g/mol. The van der Waals surface area contributed by atoms with Crippen LogP contribution in [0, 0.1) is 0 Å². The summed E-state index contributed by atoms with van der Waals surface area (Å²) in [6.07, 6.45) is -1.71. The average molecular weight is 362 g/mol. The Morgan fingerprint density at radius 2 is 2.25 bits per heavy atom. The van der Waals surface area contributed by atoms with Crippen molar-refractivity contribution in [2.45, 2.75) is 44.4 Å². The number of nitrogens with zero attached hydrogens (tertiary/aromatic N) is 2. The van der Waals surface area contributed by atoms with Gasteiger partial charge >= 0.3 is 6.18 Å². The molecule has 1 amide bonds. The molecule has 1 saturated carbocycles. The van der Waals surface area contributed by atoms with Crippen LogP contribution in [0.25, 0.3) is 0 Å². The van der Waals surface area contributed by atoms with Gasteiger partial charge in [0.15, 0.2) is 5.69 Å². The van der Waals surface area contributed by atoms with E-state index >= 15 is 0 Å². The third kappa shape index (κ3) is 3.28. The zero-order chi connectivity index (χ0) is 17.5. The van der Waals surface area contributed by atoms with Gasteiger partial charge in [0.25, 0.3) is 0 Å². The summed E-state index contributed by atoms with van der Waals surface area (Å²) in [5.41, 5.74) is -0.860. The smallest absolute Gasteiger partial charge is 0.436 e. The topological polar surface area (TPSA) is 60.1 Å². The number of rotatable bonds is 5. The molecule has 1 aliphatic carbocycles. The van der Waals surface area contributed by atoms with Gasteiger partial charge in [0.1, 0.15) is 11.8 Å². The molecule has 3 rings (SSSR count). The standard InChI is InChI=1S/C15H15ClF3N3O2/c1-8(14(23)20-7-10-3-2-6-24-10)22-12(9-4-5-9)11(16)13(21-22)15(17,18)19/h2-3,6,8-9H,4-5,7H2,1H3,(H,20,23). The van der Waals surface area contributed by atoms with Gasteiger partial charge in [0.05, 0.1) is 23.5 Å². The monoisotopic (exact) mass is 361 g/mol. The Hall–Kier alpha value is -1.96. The second-order valence-corrected chi connectivity index (χ2v) is 6.12. The zero-order valence-corrected chi connectivity index (χ0v) is 13.5. The number of carbonyl (C=O) groups is 1. The van der Waals surface area contributed by atoms with E-state index in [9.17, 15) is 18.0 Å². The van der Waals surface area contributed by atoms with Gasteiger partial charge in [-0.3, -0.25) is 9.48 Å². The van der Waals surface area contributed by atoms with Crippen LogP contribution in [0.4, 0.5) is 13.2 Å². The highest BCUT2D eigenvalue weighted by Gasteiger charge is 2.43. The molecule has 0 aliphatic heterocycles. The van der Waals surface area contributed by atoms with Crippen LogP contribution in [0.3, 0.4) is 0 Å². The molecule has 24 heavy (non-hydrogen) atoms. The molecule has 0 aromatic carbocycles. The summed E-state index contributed by atoms with van der Waals surface area (Å²) in [6, 6.07) is 2.45. The average Bonchev–Trinajstić information content (AvgIpc) is 3.08. The van der Waals surface area contributed by atoms with Gasteiger partial charge in [-0.2, -0.15) is 18.3 Å². The fourth-order valence-electron chi connectivity index (χ4n) is 2.47. The lowest BCUT2D eigenvalue weighted by Crippen LogP contribution is -2.31. The number of halogens is 4. The summed E-state index contributed by atoms with van der Waals surface area (Å²) in [5, 5.41) is 5.80. The maximum atomic E-state index is 13.1. The third-order valence-corrected chi connectivity index (χ3v) is 4.26. The molecule has 0 saturated heterocycles. The molecular formula is C15H15ClF3N3O2. The lowest BCUT2D eigenvalue weighted by Gasteiger charge is -2.15. The predicted octanol–water partition coefficient (Wildman–Crippen LogP) is 3.90. The first-order valence-corrected chi connectivity index (χ1v) is 7.82. The van der Waals surface area contributed by atoms with E-state index in [-0.39, 0.29) is 18.2 Å². The van der Waals surface area contributed by atoms with Crippen molar-refractivity contribution in [3.63, 3.8) is 0 Å². The summed E-state index contributed by atoms with van der Waals surface area (Å²) < 4.78 is 45.4. The third-order valence-electron chi connectivity index (χ3n) is 3.88. The van der Waals surface area contributed by atoms with Crippen LogP contribution in [0.2, 0.25) is 5.02 Å². The fourth-order valence-corrected chi connectivity index (χ4v) is 2.86. The Bertz CT molecular complexity index is 736. The molecule has 2 aromatic heterocycles. The molecule has 0 bridgehead atoms. The Morgan fingerprint density at radius 3 is 2.79 bits per heavy atom. The molecule has 9 heteroatoms. The number of nitrogens with one attached hydrogen (secondary N) is 1. The number of hydrogen-bond acceptors (Lipinski definition) is 3. The van der Waals surface area contributed by atoms with Gasteiger partial charge in [-0.1, -0.05) is 11.6 Å². The summed E-state index contributed by atoms with van der Waals surface area (Å²) in [5.74, 6) is 0.00931. The van der Waals surface area contributed by atoms with Crippen LogP contribution in [0.15, 0.2) is 22.8 Å². The normalized spacial score (nSPS) is 16.2. The molecule has 1 N–H and O–H groups in total. The van der Waals surface area contributed by atoms with Crippen LogP contribution in [-0.4, -0.2) is 15.7 Å². The number of amides is 1. The minimum atomic E-state index is -4.66. The van der Waals surface area contributed by atoms with Gasteiger partial charge in [0.2, 0.25) is 5.91 Å². The molecule has 1 aliphatic rings. The minimum Gasteiger partial charge on any atom is -0.467 e. The minimum absolute atomic E-state index is 0.0820. The van der Waals surface area contributed by atoms with E-state index in [0.29, 0.717) is 5.76 Å². The zero-order valence-electron chi connectivity index (χ0n) is 12.7. The second-order valence-electron chi connectivity index (χ2n) is 5.74. The molecule has 0 radical (unpaired) electrons. The number of carbonyl (C=O) groups excluding carboxylic acids is 1. The van der Waals surface area contributed by atoms with Gasteiger partial charge in [0, 0.05) is 5.92 Å². The van der Waals surface area contributed by atoms with Crippen LogP contribution in [-0.2, 0) is 17.5 Å². The number of alkyl halides is 3. The van der Waals surface area contributed by atoms with E-state index in [4.69, 9.17) is 16.0 Å². The summed E-state index contributed by atoms with van der Waals surface area (Å²) in [7, 11) is 0. The number of aromatic nitrogens is 2. The Morgan fingerprint density at radius 1 is 1.54 bits per heavy atom. The summed E-state index contributed by atoms with van der Waals surface area (Å²) in [6.45, 7) is 1.64. The molecule has 0 spiro atoms. The second kappa shape index (κ2) is 6.16. The van der Waals surface area contributed by atoms with Gasteiger partial charge in [-0.25, -0.2) is 0 Å². The first-order chi connectivity index (χ1) is 11.3. The van der Waals surface area contributed by atoms with Crippen molar-refractivity contribution in [1.82, 2.24) is 15.1 Å². The Labute approximate surface area is 140 Å². The van der Waals surface area contributed by atoms with Crippen molar-refractivity contribution in [3.8, 4) is 0 Å². The maximum absolute atomic E-state index is 13.1. The lowest BCUT2D eigenvalue weighted by atomic mass is 10.2. The van der Waals surface area contributed by atoms with E-state index in [0.717, 1.165) is 17.5 Å². The highest BCUT2D eigenvalue weighted by molar-refractivity contribution is 6.32. The van der Waals surface area contributed by atoms with Crippen molar-refractivity contribution in [3.05, 3.63) is 40.6 Å². The molecule has 2 heterocycles. The van der Waals surface area contributed by atoms with Crippen molar-refractivity contribution < 1.29 is 22.4 Å². The Kier molecular flexibility index (Phi) is 4.33. The van der Waals surface area contributed by atoms with Crippen LogP contribution >= 0.6 is 11.6 Å². The maximum Gasteiger partial charge on any atom is 0.436 e. The van der Waals surface area contributed by atoms with Gasteiger partial charge < -0.3 is 9.73 Å². The highest BCUT2D eigenvalue weighted by atomic mass is 35.5. The van der Waals surface area contributed by atoms with Crippen molar-refractivity contribution in [1.29, 1.82) is 0 Å². The van der Waals surface area contributed by atoms with Crippen LogP contribution < -0.4 is 5.32 Å². The van der Waals surface area contributed by atoms with E-state index in [1.54, 1.807) is 12.1 Å². The largest absolute Gasteiger partial charge is 0.467 e. The van der Waals surface area contributed by atoms with E-state index in [2.05, 4.69) is 10.4 Å². The van der Waals surface area contributed by atoms with Gasteiger partial charge in [-0.15, -0.1) is 0 Å². The van der Waals surface area contributed by atoms with E-state index in [1.807, 2.05) is 0 Å². The molecule has 2 aromatic rings. The molecule has 5 nitrogen and oxygen atoms in total. The fraction of sp³-hybridized carbons (Fsp3) is 0.467. The number of furan rings is 1.